The summed E-state index contributed by atoms with van der Waals surface area (Å²) >= 11 is 0. The molecule has 0 saturated heterocycles. The molecule has 82 valence electrons. The molecule has 0 aromatic heterocycles. The number of carbonyl (C=O) groups is 1. The van der Waals surface area contributed by atoms with Crippen LogP contribution >= 0.6 is 0 Å². The van der Waals surface area contributed by atoms with Crippen LogP contribution in [0.5, 0.6) is 0 Å². The molecule has 15 heavy (non-hydrogen) atoms. The Balaban J connectivity index is 1.96. The zero-order valence-corrected chi connectivity index (χ0v) is 9.29. The fraction of sp³-hybridized carbons (Fsp3) is 0.769. The summed E-state index contributed by atoms with van der Waals surface area (Å²) in [6, 6.07) is 0. The lowest BCUT2D eigenvalue weighted by atomic mass is 9.73. The molecule has 0 amide bonds. The smallest absolute Gasteiger partial charge is 0.309 e. The second-order valence-electron chi connectivity index (χ2n) is 5.36. The first-order valence-electron chi connectivity index (χ1n) is 6.00. The number of esters is 1. The summed E-state index contributed by atoms with van der Waals surface area (Å²) in [6.45, 7) is 0. The molecule has 0 N–H and O–H groups in total. The Morgan fingerprint density at radius 1 is 1.20 bits per heavy atom. The average molecular weight is 206 g/mol. The largest absolute Gasteiger partial charge is 0.469 e. The van der Waals surface area contributed by atoms with Crippen molar-refractivity contribution in [3.05, 3.63) is 12.2 Å². The SMILES string of the molecule is COC(=O)C1[C@@]23CC=CC[C@@]12CCCC3. The zero-order chi connectivity index (χ0) is 10.5. The molecule has 2 heteroatoms. The molecule has 3 aliphatic rings. The van der Waals surface area contributed by atoms with Crippen molar-refractivity contribution in [2.45, 2.75) is 38.5 Å². The number of allylic oxidation sites excluding steroid dienone is 2. The van der Waals surface area contributed by atoms with Crippen molar-refractivity contribution in [1.29, 1.82) is 0 Å². The Labute approximate surface area is 90.7 Å². The minimum atomic E-state index is 0.0422. The van der Waals surface area contributed by atoms with E-state index in [0.717, 1.165) is 12.8 Å². The van der Waals surface area contributed by atoms with Gasteiger partial charge in [0.1, 0.15) is 0 Å². The molecule has 0 aromatic carbocycles. The fourth-order valence-corrected chi connectivity index (χ4v) is 4.41. The number of methoxy groups -OCH3 is 1. The Kier molecular flexibility index (Phi) is 1.80. The molecular formula is C13H18O2. The number of hydrogen-bond donors (Lipinski definition) is 0. The summed E-state index contributed by atoms with van der Waals surface area (Å²) in [5.41, 5.74) is 0.597. The van der Waals surface area contributed by atoms with Crippen LogP contribution in [0.3, 0.4) is 0 Å². The molecule has 3 aliphatic carbocycles. The van der Waals surface area contributed by atoms with Crippen LogP contribution in [0, 0.1) is 16.7 Å². The number of rotatable bonds is 1. The van der Waals surface area contributed by atoms with Crippen LogP contribution in [0.1, 0.15) is 38.5 Å². The summed E-state index contributed by atoms with van der Waals surface area (Å²) in [7, 11) is 1.53. The highest BCUT2D eigenvalue weighted by Gasteiger charge is 2.78. The zero-order valence-electron chi connectivity index (χ0n) is 9.29. The molecular weight excluding hydrogens is 188 g/mol. The van der Waals surface area contributed by atoms with Crippen molar-refractivity contribution < 1.29 is 9.53 Å². The Morgan fingerprint density at radius 2 is 1.73 bits per heavy atom. The van der Waals surface area contributed by atoms with Crippen LogP contribution in [-0.2, 0) is 9.53 Å². The van der Waals surface area contributed by atoms with Gasteiger partial charge in [-0.25, -0.2) is 0 Å². The summed E-state index contributed by atoms with van der Waals surface area (Å²) in [4.78, 5) is 11.8. The van der Waals surface area contributed by atoms with E-state index in [2.05, 4.69) is 12.2 Å². The van der Waals surface area contributed by atoms with Crippen molar-refractivity contribution >= 4 is 5.97 Å². The molecule has 2 nitrogen and oxygen atoms in total. The number of hydrogen-bond acceptors (Lipinski definition) is 2. The van der Waals surface area contributed by atoms with E-state index in [4.69, 9.17) is 4.74 Å². The van der Waals surface area contributed by atoms with E-state index >= 15 is 0 Å². The Morgan fingerprint density at radius 3 is 2.20 bits per heavy atom. The maximum Gasteiger partial charge on any atom is 0.309 e. The van der Waals surface area contributed by atoms with E-state index in [1.54, 1.807) is 0 Å². The van der Waals surface area contributed by atoms with Gasteiger partial charge in [0.05, 0.1) is 13.0 Å². The molecule has 0 aliphatic heterocycles. The van der Waals surface area contributed by atoms with Gasteiger partial charge in [-0.3, -0.25) is 4.79 Å². The lowest BCUT2D eigenvalue weighted by Gasteiger charge is -2.31. The van der Waals surface area contributed by atoms with Crippen molar-refractivity contribution in [2.75, 3.05) is 7.11 Å². The van der Waals surface area contributed by atoms with Crippen molar-refractivity contribution in [3.63, 3.8) is 0 Å². The first kappa shape index (κ1) is 9.44. The highest BCUT2D eigenvalue weighted by atomic mass is 16.5. The predicted molar refractivity (Wildman–Crippen MR) is 57.2 cm³/mol. The van der Waals surface area contributed by atoms with Gasteiger partial charge in [0.25, 0.3) is 0 Å². The summed E-state index contributed by atoms with van der Waals surface area (Å²) in [5.74, 6) is 0.244. The highest BCUT2D eigenvalue weighted by molar-refractivity contribution is 5.79. The summed E-state index contributed by atoms with van der Waals surface area (Å²) in [5, 5.41) is 0. The third kappa shape index (κ3) is 0.932. The quantitative estimate of drug-likeness (QED) is 0.487. The monoisotopic (exact) mass is 206 g/mol. The molecule has 0 aromatic rings. The first-order valence-corrected chi connectivity index (χ1v) is 6.00. The normalized spacial score (nSPS) is 46.6. The van der Waals surface area contributed by atoms with Crippen LogP contribution in [-0.4, -0.2) is 13.1 Å². The second-order valence-corrected chi connectivity index (χ2v) is 5.36. The van der Waals surface area contributed by atoms with Gasteiger partial charge in [-0.05, 0) is 36.5 Å². The van der Waals surface area contributed by atoms with E-state index in [1.165, 1.54) is 32.8 Å². The second kappa shape index (κ2) is 2.87. The average Bonchev–Trinajstić information content (AvgIpc) is 2.92. The van der Waals surface area contributed by atoms with Gasteiger partial charge in [-0.15, -0.1) is 0 Å². The number of ether oxygens (including phenoxy) is 1. The van der Waals surface area contributed by atoms with Gasteiger partial charge in [0.2, 0.25) is 0 Å². The highest BCUT2D eigenvalue weighted by Crippen LogP contribution is 2.80. The van der Waals surface area contributed by atoms with Crippen molar-refractivity contribution in [1.82, 2.24) is 0 Å². The number of carbonyl (C=O) groups excluding carboxylic acids is 1. The standard InChI is InChI=1S/C13H18O2/c1-15-11(14)10-12-6-2-3-7-13(10,12)9-5-4-8-12/h2-3,10H,4-9H2,1H3/t10?,12-,13+. The van der Waals surface area contributed by atoms with E-state index in [0.29, 0.717) is 10.8 Å². The minimum Gasteiger partial charge on any atom is -0.469 e. The van der Waals surface area contributed by atoms with Gasteiger partial charge in [-0.2, -0.15) is 0 Å². The molecule has 2 fully saturated rings. The molecule has 0 heterocycles. The summed E-state index contributed by atoms with van der Waals surface area (Å²) < 4.78 is 4.98. The minimum absolute atomic E-state index is 0.0422. The predicted octanol–water partition coefficient (Wildman–Crippen LogP) is 2.69. The molecule has 3 rings (SSSR count). The maximum atomic E-state index is 11.8. The summed E-state index contributed by atoms with van der Waals surface area (Å²) in [6.07, 6.45) is 11.8. The maximum absolute atomic E-state index is 11.8. The molecule has 3 atom stereocenters. The van der Waals surface area contributed by atoms with E-state index in [9.17, 15) is 4.79 Å². The van der Waals surface area contributed by atoms with E-state index < -0.39 is 0 Å². The van der Waals surface area contributed by atoms with Crippen molar-refractivity contribution in [2.24, 2.45) is 16.7 Å². The molecule has 0 radical (unpaired) electrons. The van der Waals surface area contributed by atoms with Gasteiger partial charge < -0.3 is 4.74 Å². The third-order valence-electron chi connectivity index (χ3n) is 5.08. The van der Waals surface area contributed by atoms with Gasteiger partial charge >= 0.3 is 5.97 Å². The fourth-order valence-electron chi connectivity index (χ4n) is 4.41. The van der Waals surface area contributed by atoms with Gasteiger partial charge in [-0.1, -0.05) is 25.0 Å². The molecule has 2 saturated carbocycles. The molecule has 0 spiro atoms. The first-order chi connectivity index (χ1) is 7.27. The van der Waals surface area contributed by atoms with E-state index in [1.807, 2.05) is 0 Å². The Hall–Kier alpha value is -0.790. The van der Waals surface area contributed by atoms with Crippen LogP contribution in [0.15, 0.2) is 12.2 Å². The van der Waals surface area contributed by atoms with Gasteiger partial charge in [0, 0.05) is 0 Å². The van der Waals surface area contributed by atoms with Crippen LogP contribution in [0.2, 0.25) is 0 Å². The van der Waals surface area contributed by atoms with E-state index in [-0.39, 0.29) is 11.9 Å². The van der Waals surface area contributed by atoms with Crippen LogP contribution in [0.25, 0.3) is 0 Å². The molecule has 0 bridgehead atoms. The van der Waals surface area contributed by atoms with Crippen LogP contribution in [0.4, 0.5) is 0 Å². The lowest BCUT2D eigenvalue weighted by molar-refractivity contribution is -0.143. The van der Waals surface area contributed by atoms with Crippen molar-refractivity contribution in [3.8, 4) is 0 Å². The molecule has 1 unspecified atom stereocenters. The van der Waals surface area contributed by atoms with Crippen LogP contribution < -0.4 is 0 Å². The lowest BCUT2D eigenvalue weighted by Crippen LogP contribution is -2.20. The van der Waals surface area contributed by atoms with Gasteiger partial charge in [0.15, 0.2) is 0 Å². The topological polar surface area (TPSA) is 26.3 Å². The third-order valence-corrected chi connectivity index (χ3v) is 5.08. The Bertz CT molecular complexity index is 309.